The molecule has 0 aliphatic heterocycles. The second-order valence-electron chi connectivity index (χ2n) is 6.21. The Morgan fingerprint density at radius 3 is 2.96 bits per heavy atom. The summed E-state index contributed by atoms with van der Waals surface area (Å²) in [6.07, 6.45) is 4.12. The molecule has 0 radical (unpaired) electrons. The van der Waals surface area contributed by atoms with Crippen LogP contribution in [-0.4, -0.2) is 31.9 Å². The number of furan rings is 1. The Kier molecular flexibility index (Phi) is 4.15. The van der Waals surface area contributed by atoms with E-state index in [-0.39, 0.29) is 0 Å². The van der Waals surface area contributed by atoms with Crippen molar-refractivity contribution in [3.63, 3.8) is 0 Å². The fourth-order valence-corrected chi connectivity index (χ4v) is 3.26. The Bertz CT molecular complexity index is 820. The largest absolute Gasteiger partial charge is 0.453 e. The van der Waals surface area contributed by atoms with E-state index in [1.54, 1.807) is 6.33 Å². The van der Waals surface area contributed by atoms with Crippen LogP contribution in [-0.2, 0) is 20.1 Å². The number of rotatable bonds is 7. The number of aryl methyl sites for hydroxylation is 1. The first-order valence-corrected chi connectivity index (χ1v) is 8.73. The SMILES string of the molecule is CN(Cc1cc(C2CC2)on1)Cc1ccc(Sc2nncn2C)o1. The van der Waals surface area contributed by atoms with Crippen LogP contribution in [0.15, 0.2) is 43.7 Å². The predicted octanol–water partition coefficient (Wildman–Crippen LogP) is 3.06. The minimum atomic E-state index is 0.599. The second-order valence-corrected chi connectivity index (χ2v) is 7.19. The van der Waals surface area contributed by atoms with Gasteiger partial charge >= 0.3 is 0 Å². The minimum absolute atomic E-state index is 0.599. The third-order valence-electron chi connectivity index (χ3n) is 3.91. The highest BCUT2D eigenvalue weighted by molar-refractivity contribution is 7.99. The zero-order chi connectivity index (χ0) is 16.5. The van der Waals surface area contributed by atoms with Gasteiger partial charge in [0, 0.05) is 25.6 Å². The van der Waals surface area contributed by atoms with Crippen molar-refractivity contribution in [1.82, 2.24) is 24.8 Å². The maximum atomic E-state index is 5.87. The lowest BCUT2D eigenvalue weighted by Gasteiger charge is -2.12. The van der Waals surface area contributed by atoms with Crippen LogP contribution < -0.4 is 0 Å². The Morgan fingerprint density at radius 2 is 2.21 bits per heavy atom. The van der Waals surface area contributed by atoms with Gasteiger partial charge in [0.15, 0.2) is 10.2 Å². The molecule has 0 saturated heterocycles. The standard InChI is InChI=1S/C16H19N5O2S/c1-20(8-12-7-14(23-19-12)11-3-4-11)9-13-5-6-15(22-13)24-16-18-17-10-21(16)2/h5-7,10-11H,3-4,8-9H2,1-2H3. The lowest BCUT2D eigenvalue weighted by Crippen LogP contribution is -2.16. The van der Waals surface area contributed by atoms with Gasteiger partial charge < -0.3 is 13.5 Å². The monoisotopic (exact) mass is 345 g/mol. The van der Waals surface area contributed by atoms with Crippen LogP contribution in [0.2, 0.25) is 0 Å². The van der Waals surface area contributed by atoms with Crippen molar-refractivity contribution in [3.8, 4) is 0 Å². The molecular weight excluding hydrogens is 326 g/mol. The molecule has 3 aromatic heterocycles. The number of aromatic nitrogens is 4. The molecule has 1 aliphatic carbocycles. The Hall–Kier alpha value is -2.06. The van der Waals surface area contributed by atoms with E-state index in [0.29, 0.717) is 12.5 Å². The summed E-state index contributed by atoms with van der Waals surface area (Å²) in [6, 6.07) is 6.03. The first kappa shape index (κ1) is 15.5. The molecule has 1 aliphatic rings. The Labute approximate surface area is 144 Å². The molecule has 4 rings (SSSR count). The van der Waals surface area contributed by atoms with Crippen LogP contribution in [0.5, 0.6) is 0 Å². The summed E-state index contributed by atoms with van der Waals surface area (Å²) in [4.78, 5) is 2.16. The van der Waals surface area contributed by atoms with Gasteiger partial charge in [0.2, 0.25) is 0 Å². The topological polar surface area (TPSA) is 73.1 Å². The molecule has 1 fully saturated rings. The lowest BCUT2D eigenvalue weighted by molar-refractivity contribution is 0.267. The van der Waals surface area contributed by atoms with E-state index in [1.165, 1.54) is 24.6 Å². The van der Waals surface area contributed by atoms with E-state index in [1.807, 2.05) is 30.8 Å². The van der Waals surface area contributed by atoms with Gasteiger partial charge in [-0.15, -0.1) is 10.2 Å². The molecule has 0 unspecified atom stereocenters. The minimum Gasteiger partial charge on any atom is -0.453 e. The van der Waals surface area contributed by atoms with Crippen LogP contribution >= 0.6 is 11.8 Å². The van der Waals surface area contributed by atoms with Gasteiger partial charge in [-0.1, -0.05) is 5.16 Å². The molecule has 0 amide bonds. The van der Waals surface area contributed by atoms with Crippen molar-refractivity contribution in [2.75, 3.05) is 7.05 Å². The molecule has 0 aromatic carbocycles. The summed E-state index contributed by atoms with van der Waals surface area (Å²) in [7, 11) is 3.96. The van der Waals surface area contributed by atoms with E-state index in [2.05, 4.69) is 26.3 Å². The fourth-order valence-electron chi connectivity index (χ4n) is 2.51. The summed E-state index contributed by atoms with van der Waals surface area (Å²) < 4.78 is 13.1. The molecule has 3 heterocycles. The van der Waals surface area contributed by atoms with Gasteiger partial charge in [0.05, 0.1) is 12.2 Å². The van der Waals surface area contributed by atoms with Crippen molar-refractivity contribution in [1.29, 1.82) is 0 Å². The normalized spacial score (nSPS) is 14.6. The summed E-state index contributed by atoms with van der Waals surface area (Å²) >= 11 is 1.46. The van der Waals surface area contributed by atoms with E-state index in [4.69, 9.17) is 8.94 Å². The van der Waals surface area contributed by atoms with Gasteiger partial charge in [0.25, 0.3) is 0 Å². The number of nitrogens with zero attached hydrogens (tertiary/aromatic N) is 5. The van der Waals surface area contributed by atoms with Crippen LogP contribution in [0.25, 0.3) is 0 Å². The molecular formula is C16H19N5O2S. The molecule has 0 bridgehead atoms. The first-order chi connectivity index (χ1) is 11.7. The van der Waals surface area contributed by atoms with Crippen LogP contribution in [0.3, 0.4) is 0 Å². The van der Waals surface area contributed by atoms with Gasteiger partial charge in [-0.05, 0) is 43.8 Å². The zero-order valence-electron chi connectivity index (χ0n) is 13.7. The lowest BCUT2D eigenvalue weighted by atomic mass is 10.3. The molecule has 7 nitrogen and oxygen atoms in total. The van der Waals surface area contributed by atoms with Crippen LogP contribution in [0.1, 0.15) is 36.0 Å². The van der Waals surface area contributed by atoms with Crippen molar-refractivity contribution in [2.45, 2.75) is 42.1 Å². The molecule has 24 heavy (non-hydrogen) atoms. The molecule has 8 heteroatoms. The van der Waals surface area contributed by atoms with Crippen LogP contribution in [0.4, 0.5) is 0 Å². The summed E-state index contributed by atoms with van der Waals surface area (Å²) in [5.41, 5.74) is 0.972. The highest BCUT2D eigenvalue weighted by Gasteiger charge is 2.27. The number of hydrogen-bond donors (Lipinski definition) is 0. The van der Waals surface area contributed by atoms with Crippen LogP contribution in [0, 0.1) is 0 Å². The van der Waals surface area contributed by atoms with Gasteiger partial charge in [-0.25, -0.2) is 0 Å². The Balaban J connectivity index is 1.33. The molecule has 3 aromatic rings. The fraction of sp³-hybridized carbons (Fsp3) is 0.438. The van der Waals surface area contributed by atoms with E-state index in [9.17, 15) is 0 Å². The van der Waals surface area contributed by atoms with Gasteiger partial charge in [-0.3, -0.25) is 4.90 Å². The van der Waals surface area contributed by atoms with Gasteiger partial charge in [-0.2, -0.15) is 0 Å². The molecule has 126 valence electrons. The van der Waals surface area contributed by atoms with Crippen molar-refractivity contribution < 1.29 is 8.94 Å². The second kappa shape index (κ2) is 6.45. The summed E-state index contributed by atoms with van der Waals surface area (Å²) in [6.45, 7) is 1.45. The van der Waals surface area contributed by atoms with Crippen molar-refractivity contribution in [3.05, 3.63) is 41.7 Å². The smallest absolute Gasteiger partial charge is 0.198 e. The predicted molar refractivity (Wildman–Crippen MR) is 87.5 cm³/mol. The highest BCUT2D eigenvalue weighted by Crippen LogP contribution is 2.40. The average molecular weight is 345 g/mol. The molecule has 0 N–H and O–H groups in total. The molecule has 1 saturated carbocycles. The summed E-state index contributed by atoms with van der Waals surface area (Å²) in [5.74, 6) is 2.54. The van der Waals surface area contributed by atoms with Gasteiger partial charge in [0.1, 0.15) is 17.8 Å². The quantitative estimate of drug-likeness (QED) is 0.651. The van der Waals surface area contributed by atoms with E-state index in [0.717, 1.165) is 34.0 Å². The van der Waals surface area contributed by atoms with E-state index >= 15 is 0 Å². The first-order valence-electron chi connectivity index (χ1n) is 7.92. The zero-order valence-corrected chi connectivity index (χ0v) is 14.5. The summed E-state index contributed by atoms with van der Waals surface area (Å²) in [5, 5.41) is 13.7. The average Bonchev–Trinajstić information content (AvgIpc) is 2.93. The highest BCUT2D eigenvalue weighted by atomic mass is 32.2. The third-order valence-corrected chi connectivity index (χ3v) is 4.89. The van der Waals surface area contributed by atoms with E-state index < -0.39 is 0 Å². The van der Waals surface area contributed by atoms with Crippen molar-refractivity contribution >= 4 is 11.8 Å². The maximum Gasteiger partial charge on any atom is 0.198 e. The Morgan fingerprint density at radius 1 is 1.33 bits per heavy atom. The third kappa shape index (κ3) is 3.54. The van der Waals surface area contributed by atoms with Crippen molar-refractivity contribution in [2.24, 2.45) is 7.05 Å². The number of hydrogen-bond acceptors (Lipinski definition) is 7. The maximum absolute atomic E-state index is 5.87. The molecule has 0 atom stereocenters. The molecule has 0 spiro atoms.